The lowest BCUT2D eigenvalue weighted by Crippen LogP contribution is -2.27. The SMILES string of the molecule is NC1=CC(C2CCCc3c2[nH]c2c3=CCCC=2)=CC1. The first-order chi connectivity index (χ1) is 9.33. The quantitative estimate of drug-likeness (QED) is 0.788. The van der Waals surface area contributed by atoms with Gasteiger partial charge in [-0.2, -0.15) is 0 Å². The highest BCUT2D eigenvalue weighted by atomic mass is 14.7. The Morgan fingerprint density at radius 1 is 1.16 bits per heavy atom. The molecule has 1 heterocycles. The summed E-state index contributed by atoms with van der Waals surface area (Å²) >= 11 is 0. The zero-order valence-electron chi connectivity index (χ0n) is 11.2. The minimum Gasteiger partial charge on any atom is -0.402 e. The average Bonchev–Trinajstić information content (AvgIpc) is 3.02. The van der Waals surface area contributed by atoms with Gasteiger partial charge in [-0.15, -0.1) is 0 Å². The van der Waals surface area contributed by atoms with E-state index in [-0.39, 0.29) is 0 Å². The highest BCUT2D eigenvalue weighted by Gasteiger charge is 2.26. The smallest absolute Gasteiger partial charge is 0.0415 e. The molecule has 19 heavy (non-hydrogen) atoms. The number of nitrogens with one attached hydrogen (secondary N) is 1. The second-order valence-electron chi connectivity index (χ2n) is 5.90. The average molecular weight is 252 g/mol. The van der Waals surface area contributed by atoms with Gasteiger partial charge in [-0.1, -0.05) is 18.2 Å². The van der Waals surface area contributed by atoms with Crippen molar-refractivity contribution in [3.05, 3.63) is 45.2 Å². The zero-order chi connectivity index (χ0) is 12.8. The van der Waals surface area contributed by atoms with Gasteiger partial charge in [0.2, 0.25) is 0 Å². The van der Waals surface area contributed by atoms with Crippen molar-refractivity contribution in [1.82, 2.24) is 4.98 Å². The molecule has 0 fully saturated rings. The molecule has 1 aromatic heterocycles. The Balaban J connectivity index is 1.86. The van der Waals surface area contributed by atoms with Gasteiger partial charge >= 0.3 is 0 Å². The molecule has 1 atom stereocenters. The number of allylic oxidation sites excluding steroid dienone is 3. The maximum atomic E-state index is 5.94. The van der Waals surface area contributed by atoms with Crippen molar-refractivity contribution >= 4 is 12.2 Å². The first-order valence-electron chi connectivity index (χ1n) is 7.40. The summed E-state index contributed by atoms with van der Waals surface area (Å²) in [6, 6.07) is 0. The number of H-pyrrole nitrogens is 1. The molecule has 98 valence electrons. The van der Waals surface area contributed by atoms with Gasteiger partial charge in [-0.25, -0.2) is 0 Å². The largest absolute Gasteiger partial charge is 0.402 e. The van der Waals surface area contributed by atoms with Gasteiger partial charge in [-0.3, -0.25) is 0 Å². The highest BCUT2D eigenvalue weighted by molar-refractivity contribution is 5.48. The van der Waals surface area contributed by atoms with Crippen LogP contribution in [0.2, 0.25) is 0 Å². The fourth-order valence-electron chi connectivity index (χ4n) is 3.78. The third kappa shape index (κ3) is 1.70. The normalized spacial score (nSPS) is 24.7. The van der Waals surface area contributed by atoms with Crippen LogP contribution in [0.15, 0.2) is 23.4 Å². The molecule has 0 aliphatic heterocycles. The molecule has 2 heteroatoms. The van der Waals surface area contributed by atoms with E-state index < -0.39 is 0 Å². The molecular formula is C17H20N2. The van der Waals surface area contributed by atoms with E-state index in [1.807, 2.05) is 0 Å². The summed E-state index contributed by atoms with van der Waals surface area (Å²) in [7, 11) is 0. The number of nitrogens with two attached hydrogens (primary N) is 1. The van der Waals surface area contributed by atoms with Gasteiger partial charge in [0.1, 0.15) is 0 Å². The Morgan fingerprint density at radius 2 is 2.05 bits per heavy atom. The van der Waals surface area contributed by atoms with Crippen LogP contribution in [0.4, 0.5) is 0 Å². The molecule has 0 amide bonds. The molecule has 1 unspecified atom stereocenters. The van der Waals surface area contributed by atoms with Crippen LogP contribution in [0, 0.1) is 0 Å². The van der Waals surface area contributed by atoms with Gasteiger partial charge < -0.3 is 10.7 Å². The van der Waals surface area contributed by atoms with E-state index >= 15 is 0 Å². The standard InChI is InChI=1S/C17H20N2/c18-12-9-8-11(10-12)13-5-3-6-15-14-4-1-2-7-16(14)19-17(13)15/h4,7-8,10,13,19H,1-3,5-6,9,18H2. The first kappa shape index (κ1) is 11.2. The van der Waals surface area contributed by atoms with E-state index in [1.54, 1.807) is 5.56 Å². The van der Waals surface area contributed by atoms with Gasteiger partial charge in [0.05, 0.1) is 0 Å². The monoisotopic (exact) mass is 252 g/mol. The second-order valence-corrected chi connectivity index (χ2v) is 5.90. The summed E-state index contributed by atoms with van der Waals surface area (Å²) in [5.74, 6) is 0.539. The van der Waals surface area contributed by atoms with E-state index in [4.69, 9.17) is 5.73 Å². The van der Waals surface area contributed by atoms with E-state index in [0.717, 1.165) is 12.1 Å². The van der Waals surface area contributed by atoms with Gasteiger partial charge in [0.15, 0.2) is 0 Å². The predicted molar refractivity (Wildman–Crippen MR) is 78.9 cm³/mol. The summed E-state index contributed by atoms with van der Waals surface area (Å²) in [5, 5.41) is 2.85. The molecule has 0 saturated carbocycles. The third-order valence-electron chi connectivity index (χ3n) is 4.67. The molecule has 0 spiro atoms. The fourth-order valence-corrected chi connectivity index (χ4v) is 3.78. The minimum atomic E-state index is 0.539. The number of hydrogen-bond acceptors (Lipinski definition) is 1. The number of aromatic amines is 1. The molecule has 0 aromatic carbocycles. The maximum absolute atomic E-state index is 5.94. The molecule has 1 aromatic rings. The molecule has 4 rings (SSSR count). The van der Waals surface area contributed by atoms with Crippen LogP contribution in [0.25, 0.3) is 12.2 Å². The lowest BCUT2D eigenvalue weighted by atomic mass is 9.82. The summed E-state index contributed by atoms with van der Waals surface area (Å²) < 4.78 is 0. The first-order valence-corrected chi connectivity index (χ1v) is 7.40. The van der Waals surface area contributed by atoms with E-state index in [2.05, 4.69) is 29.3 Å². The fraction of sp³-hybridized carbons (Fsp3) is 0.412. The molecule has 3 aliphatic carbocycles. The summed E-state index contributed by atoms with van der Waals surface area (Å²) in [6.07, 6.45) is 16.3. The third-order valence-corrected chi connectivity index (χ3v) is 4.67. The number of hydrogen-bond donors (Lipinski definition) is 2. The van der Waals surface area contributed by atoms with Gasteiger partial charge in [-0.05, 0) is 54.5 Å². The Hall–Kier alpha value is -1.70. The Kier molecular flexibility index (Phi) is 2.44. The maximum Gasteiger partial charge on any atom is 0.0415 e. The molecule has 0 radical (unpaired) electrons. The molecule has 0 saturated heterocycles. The zero-order valence-corrected chi connectivity index (χ0v) is 11.2. The van der Waals surface area contributed by atoms with Crippen LogP contribution in [-0.4, -0.2) is 4.98 Å². The number of aromatic nitrogens is 1. The van der Waals surface area contributed by atoms with Crippen molar-refractivity contribution in [2.24, 2.45) is 5.73 Å². The molecule has 0 bridgehead atoms. The van der Waals surface area contributed by atoms with Crippen LogP contribution in [0.1, 0.15) is 49.3 Å². The summed E-state index contributed by atoms with van der Waals surface area (Å²) in [4.78, 5) is 3.70. The van der Waals surface area contributed by atoms with Gasteiger partial charge in [0, 0.05) is 29.1 Å². The van der Waals surface area contributed by atoms with Crippen molar-refractivity contribution in [3.63, 3.8) is 0 Å². The van der Waals surface area contributed by atoms with E-state index in [9.17, 15) is 0 Å². The Morgan fingerprint density at radius 3 is 2.89 bits per heavy atom. The Labute approximate surface area is 113 Å². The lowest BCUT2D eigenvalue weighted by Gasteiger charge is -2.23. The highest BCUT2D eigenvalue weighted by Crippen LogP contribution is 2.37. The van der Waals surface area contributed by atoms with E-state index in [0.29, 0.717) is 5.92 Å². The van der Waals surface area contributed by atoms with Crippen molar-refractivity contribution in [2.45, 2.75) is 44.4 Å². The Bertz CT molecular complexity index is 700. The number of rotatable bonds is 1. The van der Waals surface area contributed by atoms with Crippen LogP contribution in [-0.2, 0) is 6.42 Å². The minimum absolute atomic E-state index is 0.539. The van der Waals surface area contributed by atoms with Crippen LogP contribution >= 0.6 is 0 Å². The van der Waals surface area contributed by atoms with Crippen molar-refractivity contribution in [2.75, 3.05) is 0 Å². The number of fused-ring (bicyclic) bond motifs is 3. The van der Waals surface area contributed by atoms with Crippen molar-refractivity contribution in [3.8, 4) is 0 Å². The molecule has 3 aliphatic rings. The topological polar surface area (TPSA) is 41.8 Å². The van der Waals surface area contributed by atoms with E-state index in [1.165, 1.54) is 53.9 Å². The van der Waals surface area contributed by atoms with Crippen molar-refractivity contribution in [1.29, 1.82) is 0 Å². The summed E-state index contributed by atoms with van der Waals surface area (Å²) in [5.41, 5.74) is 11.4. The summed E-state index contributed by atoms with van der Waals surface area (Å²) in [6.45, 7) is 0. The van der Waals surface area contributed by atoms with Crippen molar-refractivity contribution < 1.29 is 0 Å². The van der Waals surface area contributed by atoms with Gasteiger partial charge in [0.25, 0.3) is 0 Å². The molecule has 3 N–H and O–H groups in total. The molecular weight excluding hydrogens is 232 g/mol. The van der Waals surface area contributed by atoms with Crippen LogP contribution < -0.4 is 16.3 Å². The molecule has 2 nitrogen and oxygen atoms in total. The second kappa shape index (κ2) is 4.16. The lowest BCUT2D eigenvalue weighted by molar-refractivity contribution is 0.604. The van der Waals surface area contributed by atoms with Crippen LogP contribution in [0.3, 0.4) is 0 Å². The predicted octanol–water partition coefficient (Wildman–Crippen LogP) is 1.96. The van der Waals surface area contributed by atoms with Crippen LogP contribution in [0.5, 0.6) is 0 Å².